The molecule has 1 N–H and O–H groups in total. The molecule has 4 aromatic carbocycles. The van der Waals surface area contributed by atoms with E-state index in [0.717, 1.165) is 21.9 Å². The Kier molecular flexibility index (Phi) is 6.22. The topological polar surface area (TPSA) is 68.3 Å². The number of nitrogens with one attached hydrogen (secondary N) is 1. The zero-order valence-electron chi connectivity index (χ0n) is 19.3. The van der Waals surface area contributed by atoms with E-state index in [1.165, 1.54) is 0 Å². The van der Waals surface area contributed by atoms with Crippen LogP contribution in [0.2, 0.25) is 0 Å². The smallest absolute Gasteiger partial charge is 0.339 e. The predicted molar refractivity (Wildman–Crippen MR) is 138 cm³/mol. The number of ether oxygens (including phenoxy) is 1. The number of para-hydroxylation sites is 1. The summed E-state index contributed by atoms with van der Waals surface area (Å²) in [6.45, 7) is 1.53. The number of carbonyl (C=O) groups is 2. The van der Waals surface area contributed by atoms with Crippen LogP contribution in [0.1, 0.15) is 28.9 Å². The molecule has 0 aliphatic carbocycles. The van der Waals surface area contributed by atoms with E-state index in [2.05, 4.69) is 5.32 Å². The van der Waals surface area contributed by atoms with Crippen molar-refractivity contribution in [1.82, 2.24) is 10.3 Å². The second kappa shape index (κ2) is 9.77. The molecule has 172 valence electrons. The molecular weight excluding hydrogens is 436 g/mol. The van der Waals surface area contributed by atoms with Crippen LogP contribution in [0.25, 0.3) is 32.9 Å². The van der Waals surface area contributed by atoms with Gasteiger partial charge in [-0.15, -0.1) is 0 Å². The van der Waals surface area contributed by atoms with Gasteiger partial charge in [0.2, 0.25) is 0 Å². The first-order valence-corrected chi connectivity index (χ1v) is 11.5. The van der Waals surface area contributed by atoms with E-state index in [9.17, 15) is 9.59 Å². The highest BCUT2D eigenvalue weighted by Gasteiger charge is 2.18. The molecule has 1 heterocycles. The summed E-state index contributed by atoms with van der Waals surface area (Å²) in [4.78, 5) is 30.4. The minimum atomic E-state index is -0.562. The first-order valence-electron chi connectivity index (χ1n) is 11.5. The van der Waals surface area contributed by atoms with Crippen molar-refractivity contribution in [3.05, 3.63) is 114 Å². The van der Waals surface area contributed by atoms with Gasteiger partial charge in [0.05, 0.1) is 22.8 Å². The van der Waals surface area contributed by atoms with Crippen molar-refractivity contribution in [2.45, 2.75) is 13.0 Å². The number of nitrogens with zero attached hydrogens (tertiary/aromatic N) is 1. The van der Waals surface area contributed by atoms with Crippen LogP contribution >= 0.6 is 0 Å². The van der Waals surface area contributed by atoms with Crippen molar-refractivity contribution < 1.29 is 14.3 Å². The number of fused-ring (bicyclic) bond motifs is 2. The number of esters is 1. The molecule has 1 amide bonds. The first kappa shape index (κ1) is 22.3. The summed E-state index contributed by atoms with van der Waals surface area (Å²) in [5, 5.41) is 5.69. The number of pyridine rings is 1. The molecule has 0 saturated heterocycles. The molecule has 0 radical (unpaired) electrons. The van der Waals surface area contributed by atoms with Gasteiger partial charge in [-0.05, 0) is 35.4 Å². The third-order valence-electron chi connectivity index (χ3n) is 6.01. The van der Waals surface area contributed by atoms with E-state index in [1.54, 1.807) is 6.07 Å². The summed E-state index contributed by atoms with van der Waals surface area (Å²) in [5.41, 5.74) is 3.65. The van der Waals surface area contributed by atoms with E-state index in [-0.39, 0.29) is 18.6 Å². The lowest BCUT2D eigenvalue weighted by Gasteiger charge is -2.15. The van der Waals surface area contributed by atoms with Gasteiger partial charge in [0.25, 0.3) is 5.91 Å². The molecule has 1 atom stereocenters. The van der Waals surface area contributed by atoms with Gasteiger partial charge in [-0.3, -0.25) is 4.79 Å². The number of hydrogen-bond donors (Lipinski definition) is 1. The Morgan fingerprint density at radius 2 is 1.51 bits per heavy atom. The number of hydrogen-bond acceptors (Lipinski definition) is 4. The number of benzene rings is 4. The van der Waals surface area contributed by atoms with E-state index in [0.29, 0.717) is 22.2 Å². The lowest BCUT2D eigenvalue weighted by molar-refractivity contribution is -0.124. The Morgan fingerprint density at radius 3 is 2.34 bits per heavy atom. The van der Waals surface area contributed by atoms with Gasteiger partial charge in [-0.2, -0.15) is 0 Å². The van der Waals surface area contributed by atoms with Crippen LogP contribution in [0.3, 0.4) is 0 Å². The third kappa shape index (κ3) is 4.75. The maximum atomic E-state index is 13.1. The van der Waals surface area contributed by atoms with Crippen molar-refractivity contribution in [1.29, 1.82) is 0 Å². The first-order chi connectivity index (χ1) is 17.1. The lowest BCUT2D eigenvalue weighted by atomic mass is 9.99. The molecule has 0 aliphatic heterocycles. The van der Waals surface area contributed by atoms with Crippen LogP contribution in [-0.4, -0.2) is 23.5 Å². The summed E-state index contributed by atoms with van der Waals surface area (Å²) >= 11 is 0. The number of aromatic nitrogens is 1. The molecule has 1 aromatic heterocycles. The van der Waals surface area contributed by atoms with Gasteiger partial charge in [0, 0.05) is 10.9 Å². The zero-order valence-corrected chi connectivity index (χ0v) is 19.3. The summed E-state index contributed by atoms with van der Waals surface area (Å²) in [6, 6.07) is 32.7. The Morgan fingerprint density at radius 1 is 0.829 bits per heavy atom. The fraction of sp³-hybridized carbons (Fsp3) is 0.100. The summed E-state index contributed by atoms with van der Waals surface area (Å²) in [5.74, 6) is -0.921. The summed E-state index contributed by atoms with van der Waals surface area (Å²) in [7, 11) is 0. The molecule has 0 bridgehead atoms. The van der Waals surface area contributed by atoms with Crippen molar-refractivity contribution in [2.24, 2.45) is 0 Å². The fourth-order valence-electron chi connectivity index (χ4n) is 4.25. The molecule has 5 aromatic rings. The van der Waals surface area contributed by atoms with Gasteiger partial charge in [0.15, 0.2) is 6.61 Å². The Labute approximate surface area is 203 Å². The lowest BCUT2D eigenvalue weighted by Crippen LogP contribution is -2.31. The standard InChI is InChI=1S/C30H24N2O3/c1-20(21-10-3-2-4-11-21)31-29(33)19-35-30(34)26-18-28(32-27-17-8-7-15-25(26)27)24-16-9-13-22-12-5-6-14-23(22)24/h2-18,20H,19H2,1H3,(H,31,33)/t20-/m0/s1. The minimum Gasteiger partial charge on any atom is -0.452 e. The van der Waals surface area contributed by atoms with Crippen molar-refractivity contribution in [3.63, 3.8) is 0 Å². The highest BCUT2D eigenvalue weighted by molar-refractivity contribution is 6.06. The molecule has 0 aliphatic rings. The molecule has 0 saturated carbocycles. The molecule has 0 fully saturated rings. The third-order valence-corrected chi connectivity index (χ3v) is 6.01. The molecule has 0 unspecified atom stereocenters. The molecule has 0 spiro atoms. The van der Waals surface area contributed by atoms with Crippen molar-refractivity contribution in [2.75, 3.05) is 6.61 Å². The zero-order chi connectivity index (χ0) is 24.2. The fourth-order valence-corrected chi connectivity index (χ4v) is 4.25. The van der Waals surface area contributed by atoms with Crippen molar-refractivity contribution >= 4 is 33.6 Å². The number of carbonyl (C=O) groups excluding carboxylic acids is 2. The second-order valence-electron chi connectivity index (χ2n) is 8.37. The molecule has 5 rings (SSSR count). The SMILES string of the molecule is C[C@H](NC(=O)COC(=O)c1cc(-c2cccc3ccccc23)nc2ccccc12)c1ccccc1. The van der Waals surface area contributed by atoms with Gasteiger partial charge in [0.1, 0.15) is 0 Å². The number of rotatable bonds is 6. The monoisotopic (exact) mass is 460 g/mol. The summed E-state index contributed by atoms with van der Waals surface area (Å²) in [6.07, 6.45) is 0. The molecular formula is C30H24N2O3. The normalized spacial score (nSPS) is 11.8. The van der Waals surface area contributed by atoms with E-state index < -0.39 is 5.97 Å². The van der Waals surface area contributed by atoms with Gasteiger partial charge in [-0.25, -0.2) is 9.78 Å². The number of amides is 1. The van der Waals surface area contributed by atoms with Crippen LogP contribution in [0.15, 0.2) is 103 Å². The predicted octanol–water partition coefficient (Wildman–Crippen LogP) is 6.09. The highest BCUT2D eigenvalue weighted by Crippen LogP contribution is 2.30. The van der Waals surface area contributed by atoms with Gasteiger partial charge in [-0.1, -0.05) is 91.0 Å². The van der Waals surface area contributed by atoms with E-state index in [1.807, 2.05) is 104 Å². The van der Waals surface area contributed by atoms with Crippen molar-refractivity contribution in [3.8, 4) is 11.3 Å². The molecule has 35 heavy (non-hydrogen) atoms. The Balaban J connectivity index is 1.41. The van der Waals surface area contributed by atoms with Crippen LogP contribution in [-0.2, 0) is 9.53 Å². The van der Waals surface area contributed by atoms with Crippen LogP contribution in [0, 0.1) is 0 Å². The highest BCUT2D eigenvalue weighted by atomic mass is 16.5. The second-order valence-corrected chi connectivity index (χ2v) is 8.37. The van der Waals surface area contributed by atoms with Gasteiger partial charge < -0.3 is 10.1 Å². The van der Waals surface area contributed by atoms with Gasteiger partial charge >= 0.3 is 5.97 Å². The quantitative estimate of drug-likeness (QED) is 0.311. The average molecular weight is 461 g/mol. The average Bonchev–Trinajstić information content (AvgIpc) is 2.91. The maximum absolute atomic E-state index is 13.1. The van der Waals surface area contributed by atoms with Crippen LogP contribution in [0.5, 0.6) is 0 Å². The van der Waals surface area contributed by atoms with Crippen LogP contribution in [0.4, 0.5) is 0 Å². The molecule has 5 heteroatoms. The maximum Gasteiger partial charge on any atom is 0.339 e. The Hall–Kier alpha value is -4.51. The van der Waals surface area contributed by atoms with E-state index >= 15 is 0 Å². The van der Waals surface area contributed by atoms with Crippen LogP contribution < -0.4 is 5.32 Å². The Bertz CT molecular complexity index is 1520. The molecule has 5 nitrogen and oxygen atoms in total. The largest absolute Gasteiger partial charge is 0.452 e. The minimum absolute atomic E-state index is 0.192. The van der Waals surface area contributed by atoms with E-state index in [4.69, 9.17) is 9.72 Å². The summed E-state index contributed by atoms with van der Waals surface area (Å²) < 4.78 is 5.43.